The summed E-state index contributed by atoms with van der Waals surface area (Å²) in [5.41, 5.74) is 1.01. The molecule has 3 aromatic rings. The Labute approximate surface area is 204 Å². The topological polar surface area (TPSA) is 131 Å². The monoisotopic (exact) mass is 504 g/mol. The SMILES string of the molecule is CCCc1nc(C)c2c(=O)[nH]c(-c3cc(S(=O)(=O)NCCN4CCOCC4)ccc3OCC)nn12. The molecule has 1 aliphatic heterocycles. The number of morpholine rings is 1. The van der Waals surface area contributed by atoms with Gasteiger partial charge in [-0.25, -0.2) is 22.6 Å². The Bertz CT molecular complexity index is 1340. The number of nitrogens with zero attached hydrogens (tertiary/aromatic N) is 4. The van der Waals surface area contributed by atoms with Crippen LogP contribution in [0.5, 0.6) is 5.75 Å². The van der Waals surface area contributed by atoms with E-state index in [0.29, 0.717) is 61.1 Å². The number of nitrogens with one attached hydrogen (secondary N) is 2. The van der Waals surface area contributed by atoms with Crippen molar-refractivity contribution in [2.24, 2.45) is 0 Å². The average molecular weight is 505 g/mol. The van der Waals surface area contributed by atoms with Crippen LogP contribution in [0.4, 0.5) is 0 Å². The number of aromatic nitrogens is 4. The molecule has 0 radical (unpaired) electrons. The Morgan fingerprint density at radius 3 is 2.71 bits per heavy atom. The van der Waals surface area contributed by atoms with Gasteiger partial charge in [0.2, 0.25) is 10.0 Å². The van der Waals surface area contributed by atoms with Crippen LogP contribution in [0.25, 0.3) is 16.9 Å². The minimum Gasteiger partial charge on any atom is -0.493 e. The molecule has 1 aliphatic rings. The first-order valence-electron chi connectivity index (χ1n) is 11.9. The normalized spacial score (nSPS) is 15.1. The summed E-state index contributed by atoms with van der Waals surface area (Å²) >= 11 is 0. The predicted molar refractivity (Wildman–Crippen MR) is 131 cm³/mol. The van der Waals surface area contributed by atoms with Crippen LogP contribution < -0.4 is 15.0 Å². The van der Waals surface area contributed by atoms with Crippen LogP contribution in [0, 0.1) is 6.92 Å². The number of ether oxygens (including phenoxy) is 2. The molecule has 0 spiro atoms. The highest BCUT2D eigenvalue weighted by atomic mass is 32.2. The lowest BCUT2D eigenvalue weighted by atomic mass is 10.2. The van der Waals surface area contributed by atoms with Gasteiger partial charge >= 0.3 is 0 Å². The zero-order chi connectivity index (χ0) is 25.0. The van der Waals surface area contributed by atoms with Crippen LogP contribution in [-0.2, 0) is 21.2 Å². The van der Waals surface area contributed by atoms with Gasteiger partial charge in [0.15, 0.2) is 11.3 Å². The molecule has 11 nitrogen and oxygen atoms in total. The lowest BCUT2D eigenvalue weighted by molar-refractivity contribution is 0.0390. The van der Waals surface area contributed by atoms with Gasteiger partial charge in [0.1, 0.15) is 11.6 Å². The molecule has 0 aliphatic carbocycles. The molecule has 35 heavy (non-hydrogen) atoms. The van der Waals surface area contributed by atoms with E-state index < -0.39 is 10.0 Å². The number of H-pyrrole nitrogens is 1. The first-order valence-corrected chi connectivity index (χ1v) is 13.4. The molecule has 1 saturated heterocycles. The van der Waals surface area contributed by atoms with Crippen molar-refractivity contribution in [1.29, 1.82) is 0 Å². The van der Waals surface area contributed by atoms with Crippen molar-refractivity contribution in [2.45, 2.75) is 38.5 Å². The lowest BCUT2D eigenvalue weighted by Crippen LogP contribution is -2.41. The van der Waals surface area contributed by atoms with E-state index in [1.54, 1.807) is 17.5 Å². The molecule has 0 saturated carbocycles. The summed E-state index contributed by atoms with van der Waals surface area (Å²) in [6.45, 7) is 9.74. The van der Waals surface area contributed by atoms with E-state index >= 15 is 0 Å². The highest BCUT2D eigenvalue weighted by Gasteiger charge is 2.21. The van der Waals surface area contributed by atoms with E-state index in [9.17, 15) is 13.2 Å². The van der Waals surface area contributed by atoms with Crippen molar-refractivity contribution in [1.82, 2.24) is 29.2 Å². The minimum absolute atomic E-state index is 0.0660. The van der Waals surface area contributed by atoms with E-state index in [-0.39, 0.29) is 22.8 Å². The molecular weight excluding hydrogens is 472 g/mol. The smallest absolute Gasteiger partial charge is 0.277 e. The Balaban J connectivity index is 1.68. The third-order valence-corrected chi connectivity index (χ3v) is 7.32. The third-order valence-electron chi connectivity index (χ3n) is 5.86. The van der Waals surface area contributed by atoms with Crippen molar-refractivity contribution in [3.05, 3.63) is 40.1 Å². The van der Waals surface area contributed by atoms with E-state index in [2.05, 4.69) is 24.7 Å². The highest BCUT2D eigenvalue weighted by molar-refractivity contribution is 7.89. The zero-order valence-electron chi connectivity index (χ0n) is 20.3. The first kappa shape index (κ1) is 25.3. The van der Waals surface area contributed by atoms with Gasteiger partial charge < -0.3 is 14.5 Å². The van der Waals surface area contributed by atoms with Crippen LogP contribution in [0.1, 0.15) is 31.8 Å². The molecule has 12 heteroatoms. The van der Waals surface area contributed by atoms with Gasteiger partial charge in [0.25, 0.3) is 5.56 Å². The summed E-state index contributed by atoms with van der Waals surface area (Å²) in [7, 11) is -3.79. The molecule has 3 heterocycles. The Morgan fingerprint density at radius 1 is 1.23 bits per heavy atom. The number of aromatic amines is 1. The fourth-order valence-corrected chi connectivity index (χ4v) is 5.18. The summed E-state index contributed by atoms with van der Waals surface area (Å²) in [6.07, 6.45) is 1.50. The van der Waals surface area contributed by atoms with Gasteiger partial charge in [-0.2, -0.15) is 0 Å². The summed E-state index contributed by atoms with van der Waals surface area (Å²) in [4.78, 5) is 22.4. The Kier molecular flexibility index (Phi) is 7.85. The summed E-state index contributed by atoms with van der Waals surface area (Å²) in [5.74, 6) is 1.32. The molecular formula is C23H32N6O5S. The number of rotatable bonds is 10. The second-order valence-corrected chi connectivity index (χ2v) is 10.1. The van der Waals surface area contributed by atoms with Gasteiger partial charge in [-0.3, -0.25) is 9.69 Å². The molecule has 0 amide bonds. The quantitative estimate of drug-likeness (QED) is 0.423. The Hall–Kier alpha value is -2.80. The van der Waals surface area contributed by atoms with Crippen LogP contribution in [-0.4, -0.2) is 78.9 Å². The van der Waals surface area contributed by atoms with E-state index in [1.165, 1.54) is 12.1 Å². The number of aryl methyl sites for hydroxylation is 2. The van der Waals surface area contributed by atoms with Gasteiger partial charge in [-0.15, -0.1) is 5.10 Å². The average Bonchev–Trinajstić information content (AvgIpc) is 3.15. The second kappa shape index (κ2) is 10.9. The molecule has 4 rings (SSSR count). The molecule has 0 atom stereocenters. The number of fused-ring (bicyclic) bond motifs is 1. The predicted octanol–water partition coefficient (Wildman–Crippen LogP) is 1.35. The maximum absolute atomic E-state index is 13.0. The fraction of sp³-hybridized carbons (Fsp3) is 0.522. The minimum atomic E-state index is -3.79. The van der Waals surface area contributed by atoms with Crippen LogP contribution >= 0.6 is 0 Å². The van der Waals surface area contributed by atoms with Crippen molar-refractivity contribution in [2.75, 3.05) is 46.0 Å². The Morgan fingerprint density at radius 2 is 2.00 bits per heavy atom. The van der Waals surface area contributed by atoms with E-state index in [1.807, 2.05) is 13.8 Å². The molecule has 1 fully saturated rings. The summed E-state index contributed by atoms with van der Waals surface area (Å²) in [5, 5.41) is 4.62. The third kappa shape index (κ3) is 5.56. The van der Waals surface area contributed by atoms with Crippen LogP contribution in [0.2, 0.25) is 0 Å². The second-order valence-electron chi connectivity index (χ2n) is 8.37. The molecule has 0 unspecified atom stereocenters. The number of sulfonamides is 1. The standard InChI is InChI=1S/C23H32N6O5S/c1-4-6-20-25-16(3)21-23(30)26-22(27-29(20)21)18-15-17(7-8-19(18)34-5-2)35(31,32)24-9-10-28-11-13-33-14-12-28/h7-8,15,24H,4-6,9-14H2,1-3H3,(H,26,27,30). The number of benzene rings is 1. The van der Waals surface area contributed by atoms with Crippen molar-refractivity contribution in [3.8, 4) is 17.1 Å². The van der Waals surface area contributed by atoms with E-state index in [0.717, 1.165) is 19.5 Å². The molecule has 2 aromatic heterocycles. The van der Waals surface area contributed by atoms with Crippen LogP contribution in [0.15, 0.2) is 27.9 Å². The first-order chi connectivity index (χ1) is 16.8. The number of hydrogen-bond acceptors (Lipinski definition) is 8. The van der Waals surface area contributed by atoms with Crippen molar-refractivity contribution in [3.63, 3.8) is 0 Å². The van der Waals surface area contributed by atoms with Crippen LogP contribution in [0.3, 0.4) is 0 Å². The zero-order valence-corrected chi connectivity index (χ0v) is 21.2. The molecule has 1 aromatic carbocycles. The molecule has 2 N–H and O–H groups in total. The lowest BCUT2D eigenvalue weighted by Gasteiger charge is -2.26. The summed E-state index contributed by atoms with van der Waals surface area (Å²) in [6, 6.07) is 4.56. The van der Waals surface area contributed by atoms with Gasteiger partial charge in [-0.05, 0) is 38.5 Å². The van der Waals surface area contributed by atoms with E-state index in [4.69, 9.17) is 9.47 Å². The largest absolute Gasteiger partial charge is 0.493 e. The maximum Gasteiger partial charge on any atom is 0.277 e. The van der Waals surface area contributed by atoms with Crippen molar-refractivity contribution < 1.29 is 17.9 Å². The molecule has 0 bridgehead atoms. The highest BCUT2D eigenvalue weighted by Crippen LogP contribution is 2.30. The number of imidazole rings is 1. The molecule has 190 valence electrons. The fourth-order valence-electron chi connectivity index (χ4n) is 4.13. The maximum atomic E-state index is 13.0. The van der Waals surface area contributed by atoms with Gasteiger partial charge in [0, 0.05) is 32.6 Å². The van der Waals surface area contributed by atoms with Gasteiger partial charge in [0.05, 0.1) is 36.0 Å². The van der Waals surface area contributed by atoms with Crippen molar-refractivity contribution >= 4 is 15.5 Å². The summed E-state index contributed by atoms with van der Waals surface area (Å²) < 4.78 is 41.4. The number of hydrogen-bond donors (Lipinski definition) is 2. The van der Waals surface area contributed by atoms with Gasteiger partial charge in [-0.1, -0.05) is 6.92 Å².